The number of nitrogens with zero attached hydrogens (tertiary/aromatic N) is 1. The van der Waals surface area contributed by atoms with Crippen LogP contribution in [0.2, 0.25) is 0 Å². The fourth-order valence-electron chi connectivity index (χ4n) is 2.36. The van der Waals surface area contributed by atoms with Gasteiger partial charge < -0.3 is 4.74 Å². The van der Waals surface area contributed by atoms with Crippen LogP contribution >= 0.6 is 0 Å². The summed E-state index contributed by atoms with van der Waals surface area (Å²) in [6, 6.07) is 6.40. The molecule has 1 aromatic carbocycles. The first-order valence-corrected chi connectivity index (χ1v) is 6.83. The molecule has 5 nitrogen and oxygen atoms in total. The summed E-state index contributed by atoms with van der Waals surface area (Å²) >= 11 is 0. The smallest absolute Gasteiger partial charge is 0.424 e. The van der Waals surface area contributed by atoms with Gasteiger partial charge in [0.05, 0.1) is 17.7 Å². The van der Waals surface area contributed by atoms with Crippen LogP contribution in [0.15, 0.2) is 24.3 Å². The summed E-state index contributed by atoms with van der Waals surface area (Å²) in [6.07, 6.45) is 3.46. The Kier molecular flexibility index (Phi) is 3.26. The number of hydrogen-bond donors (Lipinski definition) is 0. The maximum Gasteiger partial charge on any atom is 0.424 e. The molecule has 1 aliphatic carbocycles. The molecule has 0 radical (unpaired) electrons. The fraction of sp³-hybridized carbons (Fsp3) is 0.400. The molecule has 1 fully saturated rings. The predicted octanol–water partition coefficient (Wildman–Crippen LogP) is 2.61. The monoisotopic (exact) mass is 273 g/mol. The molecule has 3 amide bonds. The van der Waals surface area contributed by atoms with E-state index in [1.54, 1.807) is 12.1 Å². The molecule has 0 aromatic heterocycles. The van der Waals surface area contributed by atoms with E-state index < -0.39 is 17.9 Å². The molecular weight excluding hydrogens is 258 g/mol. The highest BCUT2D eigenvalue weighted by atomic mass is 16.6. The molecular formula is C15H15NO4. The maximum atomic E-state index is 12.0. The van der Waals surface area contributed by atoms with Gasteiger partial charge in [0, 0.05) is 0 Å². The summed E-state index contributed by atoms with van der Waals surface area (Å²) in [6.45, 7) is 0.253. The van der Waals surface area contributed by atoms with Crippen LogP contribution in [0, 0.1) is 5.92 Å². The van der Waals surface area contributed by atoms with Gasteiger partial charge in [0.1, 0.15) is 0 Å². The zero-order chi connectivity index (χ0) is 14.1. The van der Waals surface area contributed by atoms with Gasteiger partial charge in [0.2, 0.25) is 0 Å². The van der Waals surface area contributed by atoms with Gasteiger partial charge in [0.15, 0.2) is 0 Å². The lowest BCUT2D eigenvalue weighted by Gasteiger charge is -2.12. The van der Waals surface area contributed by atoms with E-state index in [0.29, 0.717) is 4.90 Å². The Hall–Kier alpha value is -2.17. The average Bonchev–Trinajstić information content (AvgIpc) is 3.24. The third kappa shape index (κ3) is 2.31. The van der Waals surface area contributed by atoms with Gasteiger partial charge in [-0.3, -0.25) is 9.59 Å². The molecule has 1 aliphatic heterocycles. The molecule has 0 bridgehead atoms. The number of rotatable bonds is 4. The second-order valence-corrected chi connectivity index (χ2v) is 5.19. The van der Waals surface area contributed by atoms with Crippen molar-refractivity contribution in [2.45, 2.75) is 25.7 Å². The topological polar surface area (TPSA) is 63.7 Å². The maximum absolute atomic E-state index is 12.0. The van der Waals surface area contributed by atoms with Crippen LogP contribution in [0.25, 0.3) is 0 Å². The Balaban J connectivity index is 1.61. The number of amides is 3. The minimum absolute atomic E-state index is 0.253. The van der Waals surface area contributed by atoms with Gasteiger partial charge in [-0.15, -0.1) is 0 Å². The molecule has 5 heteroatoms. The zero-order valence-electron chi connectivity index (χ0n) is 11.0. The van der Waals surface area contributed by atoms with Crippen LogP contribution in [-0.4, -0.2) is 29.4 Å². The largest absolute Gasteiger partial charge is 0.449 e. The molecule has 0 atom stereocenters. The number of carbonyl (C=O) groups is 3. The minimum atomic E-state index is -0.869. The second kappa shape index (κ2) is 5.07. The minimum Gasteiger partial charge on any atom is -0.449 e. The number of carbonyl (C=O) groups excluding carboxylic acids is 3. The molecule has 20 heavy (non-hydrogen) atoms. The van der Waals surface area contributed by atoms with E-state index in [-0.39, 0.29) is 17.7 Å². The van der Waals surface area contributed by atoms with Gasteiger partial charge in [-0.2, -0.15) is 4.90 Å². The summed E-state index contributed by atoms with van der Waals surface area (Å²) in [7, 11) is 0. The highest BCUT2D eigenvalue weighted by Crippen LogP contribution is 2.33. The van der Waals surface area contributed by atoms with Crippen molar-refractivity contribution in [3.05, 3.63) is 35.4 Å². The van der Waals surface area contributed by atoms with Crippen molar-refractivity contribution >= 4 is 17.9 Å². The first-order valence-electron chi connectivity index (χ1n) is 6.83. The molecule has 0 saturated heterocycles. The molecule has 1 aromatic rings. The van der Waals surface area contributed by atoms with Crippen LogP contribution in [0.3, 0.4) is 0 Å². The SMILES string of the molecule is O=C(OCCCC1CC1)N1C(=O)c2ccccc2C1=O. The average molecular weight is 273 g/mol. The van der Waals surface area contributed by atoms with Gasteiger partial charge in [-0.05, 0) is 30.9 Å². The van der Waals surface area contributed by atoms with Gasteiger partial charge in [-0.25, -0.2) is 4.79 Å². The molecule has 0 unspecified atom stereocenters. The summed E-state index contributed by atoms with van der Waals surface area (Å²) in [5, 5.41) is 0. The molecule has 104 valence electrons. The number of imide groups is 3. The molecule has 3 rings (SSSR count). The van der Waals surface area contributed by atoms with E-state index in [1.165, 1.54) is 25.0 Å². The Morgan fingerprint density at radius 1 is 1.15 bits per heavy atom. The Morgan fingerprint density at radius 3 is 2.30 bits per heavy atom. The van der Waals surface area contributed by atoms with Crippen molar-refractivity contribution in [1.82, 2.24) is 4.90 Å². The summed E-state index contributed by atoms with van der Waals surface area (Å²) in [5.41, 5.74) is 0.514. The van der Waals surface area contributed by atoms with Gasteiger partial charge in [0.25, 0.3) is 11.8 Å². The first kappa shape index (κ1) is 12.8. The highest BCUT2D eigenvalue weighted by Gasteiger charge is 2.40. The molecule has 1 saturated carbocycles. The second-order valence-electron chi connectivity index (χ2n) is 5.19. The number of benzene rings is 1. The van der Waals surface area contributed by atoms with Crippen LogP contribution < -0.4 is 0 Å². The normalized spacial score (nSPS) is 17.3. The number of hydrogen-bond acceptors (Lipinski definition) is 4. The van der Waals surface area contributed by atoms with Crippen LogP contribution in [-0.2, 0) is 4.74 Å². The summed E-state index contributed by atoms with van der Waals surface area (Å²) < 4.78 is 5.02. The van der Waals surface area contributed by atoms with Crippen molar-refractivity contribution in [1.29, 1.82) is 0 Å². The Morgan fingerprint density at radius 2 is 1.75 bits per heavy atom. The first-order chi connectivity index (χ1) is 9.68. The van der Waals surface area contributed by atoms with E-state index in [1.807, 2.05) is 0 Å². The van der Waals surface area contributed by atoms with Gasteiger partial charge >= 0.3 is 6.09 Å². The van der Waals surface area contributed by atoms with Gasteiger partial charge in [-0.1, -0.05) is 25.0 Å². The quantitative estimate of drug-likeness (QED) is 0.625. The molecule has 1 heterocycles. The van der Waals surface area contributed by atoms with Crippen molar-refractivity contribution in [2.75, 3.05) is 6.61 Å². The summed E-state index contributed by atoms with van der Waals surface area (Å²) in [4.78, 5) is 36.4. The number of fused-ring (bicyclic) bond motifs is 1. The van der Waals surface area contributed by atoms with Crippen molar-refractivity contribution in [3.63, 3.8) is 0 Å². The Bertz CT molecular complexity index is 542. The van der Waals surface area contributed by atoms with E-state index in [4.69, 9.17) is 4.74 Å². The van der Waals surface area contributed by atoms with E-state index in [0.717, 1.165) is 18.8 Å². The van der Waals surface area contributed by atoms with Crippen LogP contribution in [0.4, 0.5) is 4.79 Å². The fourth-order valence-corrected chi connectivity index (χ4v) is 2.36. The zero-order valence-corrected chi connectivity index (χ0v) is 11.0. The lowest BCUT2D eigenvalue weighted by molar-refractivity contribution is 0.0583. The van der Waals surface area contributed by atoms with E-state index in [2.05, 4.69) is 0 Å². The third-order valence-corrected chi connectivity index (χ3v) is 3.66. The van der Waals surface area contributed by atoms with Crippen molar-refractivity contribution in [2.24, 2.45) is 5.92 Å². The van der Waals surface area contributed by atoms with Crippen molar-refractivity contribution < 1.29 is 19.1 Å². The van der Waals surface area contributed by atoms with Crippen LogP contribution in [0.1, 0.15) is 46.4 Å². The molecule has 0 N–H and O–H groups in total. The van der Waals surface area contributed by atoms with E-state index in [9.17, 15) is 14.4 Å². The predicted molar refractivity (Wildman–Crippen MR) is 70.2 cm³/mol. The lowest BCUT2D eigenvalue weighted by atomic mass is 10.1. The number of ether oxygens (including phenoxy) is 1. The lowest BCUT2D eigenvalue weighted by Crippen LogP contribution is -2.36. The third-order valence-electron chi connectivity index (χ3n) is 3.66. The van der Waals surface area contributed by atoms with Crippen LogP contribution in [0.5, 0.6) is 0 Å². The molecule has 0 spiro atoms. The molecule has 2 aliphatic rings. The highest BCUT2D eigenvalue weighted by molar-refractivity contribution is 6.27. The summed E-state index contributed by atoms with van der Waals surface area (Å²) in [5.74, 6) is -0.427. The van der Waals surface area contributed by atoms with E-state index >= 15 is 0 Å². The Labute approximate surface area is 116 Å². The standard InChI is InChI=1S/C15H15NO4/c17-13-11-5-1-2-6-12(11)14(18)16(13)15(19)20-9-3-4-10-7-8-10/h1-2,5-6,10H,3-4,7-9H2. The van der Waals surface area contributed by atoms with Crippen molar-refractivity contribution in [3.8, 4) is 0 Å².